The van der Waals surface area contributed by atoms with E-state index >= 15 is 0 Å². The molecular weight excluding hydrogens is 300 g/mol. The average Bonchev–Trinajstić information content (AvgIpc) is 3.17. The molecule has 2 atom stereocenters. The lowest BCUT2D eigenvalue weighted by Gasteiger charge is -2.28. The number of furan rings is 1. The van der Waals surface area contributed by atoms with Crippen LogP contribution >= 0.6 is 11.8 Å². The molecule has 5 nitrogen and oxygen atoms in total. The maximum Gasteiger partial charge on any atom is 0.318 e. The van der Waals surface area contributed by atoms with E-state index in [1.165, 1.54) is 12.2 Å². The average molecular weight is 324 g/mol. The Morgan fingerprint density at radius 1 is 1.45 bits per heavy atom. The SMILES string of the molecule is COCc1ccc([C@H]2CCCN2C(=O)N[C@@H]2CCCSC2)o1. The molecule has 1 N–H and O–H groups in total. The first-order valence-electron chi connectivity index (χ1n) is 8.00. The molecule has 0 aliphatic carbocycles. The highest BCUT2D eigenvalue weighted by Gasteiger charge is 2.33. The highest BCUT2D eigenvalue weighted by molar-refractivity contribution is 7.99. The van der Waals surface area contributed by atoms with Crippen LogP contribution in [0.25, 0.3) is 0 Å². The number of urea groups is 1. The fraction of sp³-hybridized carbons (Fsp3) is 0.688. The summed E-state index contributed by atoms with van der Waals surface area (Å²) < 4.78 is 10.9. The van der Waals surface area contributed by atoms with E-state index in [1.807, 2.05) is 28.8 Å². The number of ether oxygens (including phenoxy) is 1. The summed E-state index contributed by atoms with van der Waals surface area (Å²) >= 11 is 1.93. The summed E-state index contributed by atoms with van der Waals surface area (Å²) in [4.78, 5) is 14.5. The number of hydrogen-bond donors (Lipinski definition) is 1. The van der Waals surface area contributed by atoms with Gasteiger partial charge in [0.1, 0.15) is 18.1 Å². The number of likely N-dealkylation sites (tertiary alicyclic amines) is 1. The van der Waals surface area contributed by atoms with Crippen molar-refractivity contribution in [1.29, 1.82) is 0 Å². The van der Waals surface area contributed by atoms with Crippen molar-refractivity contribution >= 4 is 17.8 Å². The molecule has 2 aliphatic heterocycles. The minimum Gasteiger partial charge on any atom is -0.461 e. The van der Waals surface area contributed by atoms with Crippen LogP contribution in [-0.2, 0) is 11.3 Å². The predicted molar refractivity (Wildman–Crippen MR) is 87.0 cm³/mol. The van der Waals surface area contributed by atoms with Gasteiger partial charge < -0.3 is 19.4 Å². The van der Waals surface area contributed by atoms with Crippen LogP contribution in [0, 0.1) is 0 Å². The molecule has 3 rings (SSSR count). The molecule has 1 aromatic rings. The zero-order valence-corrected chi connectivity index (χ0v) is 13.9. The van der Waals surface area contributed by atoms with Crippen LogP contribution in [-0.4, -0.2) is 42.1 Å². The molecule has 2 aliphatic rings. The van der Waals surface area contributed by atoms with E-state index < -0.39 is 0 Å². The van der Waals surface area contributed by atoms with Crippen molar-refractivity contribution in [2.24, 2.45) is 0 Å². The third kappa shape index (κ3) is 3.60. The van der Waals surface area contributed by atoms with Crippen LogP contribution in [0.3, 0.4) is 0 Å². The smallest absolute Gasteiger partial charge is 0.318 e. The van der Waals surface area contributed by atoms with Gasteiger partial charge in [0.05, 0.1) is 6.04 Å². The Kier molecular flexibility index (Phi) is 5.31. The van der Waals surface area contributed by atoms with E-state index in [0.29, 0.717) is 12.6 Å². The normalized spacial score (nSPS) is 25.4. The van der Waals surface area contributed by atoms with E-state index in [4.69, 9.17) is 9.15 Å². The topological polar surface area (TPSA) is 54.7 Å². The van der Waals surface area contributed by atoms with E-state index in [1.54, 1.807) is 7.11 Å². The van der Waals surface area contributed by atoms with Crippen LogP contribution in [0.4, 0.5) is 4.79 Å². The van der Waals surface area contributed by atoms with Crippen molar-refractivity contribution in [1.82, 2.24) is 10.2 Å². The first kappa shape index (κ1) is 15.7. The number of amides is 2. The molecule has 0 radical (unpaired) electrons. The second kappa shape index (κ2) is 7.42. The van der Waals surface area contributed by atoms with Crippen molar-refractivity contribution in [3.63, 3.8) is 0 Å². The Balaban J connectivity index is 1.62. The largest absolute Gasteiger partial charge is 0.461 e. The van der Waals surface area contributed by atoms with Gasteiger partial charge in [0.25, 0.3) is 0 Å². The number of methoxy groups -OCH3 is 1. The molecule has 3 heterocycles. The number of thioether (sulfide) groups is 1. The van der Waals surface area contributed by atoms with Gasteiger partial charge in [0, 0.05) is 25.4 Å². The number of carbonyl (C=O) groups is 1. The van der Waals surface area contributed by atoms with Gasteiger partial charge in [0.2, 0.25) is 0 Å². The molecule has 2 amide bonds. The van der Waals surface area contributed by atoms with Gasteiger partial charge in [-0.2, -0.15) is 11.8 Å². The highest BCUT2D eigenvalue weighted by Crippen LogP contribution is 2.33. The van der Waals surface area contributed by atoms with Gasteiger partial charge in [-0.05, 0) is 43.6 Å². The molecule has 2 fully saturated rings. The maximum atomic E-state index is 12.6. The summed E-state index contributed by atoms with van der Waals surface area (Å²) in [5, 5.41) is 3.19. The van der Waals surface area contributed by atoms with Gasteiger partial charge in [-0.1, -0.05) is 0 Å². The number of rotatable bonds is 4. The molecule has 1 aromatic heterocycles. The zero-order valence-electron chi connectivity index (χ0n) is 13.0. The van der Waals surface area contributed by atoms with Crippen LogP contribution in [0.1, 0.15) is 43.2 Å². The van der Waals surface area contributed by atoms with Crippen molar-refractivity contribution in [2.75, 3.05) is 25.2 Å². The molecule has 2 saturated heterocycles. The monoisotopic (exact) mass is 324 g/mol. The zero-order chi connectivity index (χ0) is 15.4. The van der Waals surface area contributed by atoms with Crippen LogP contribution < -0.4 is 5.32 Å². The predicted octanol–water partition coefficient (Wildman–Crippen LogP) is 3.17. The van der Waals surface area contributed by atoms with E-state index in [2.05, 4.69) is 5.32 Å². The van der Waals surface area contributed by atoms with Gasteiger partial charge in [-0.15, -0.1) is 0 Å². The number of carbonyl (C=O) groups excluding carboxylic acids is 1. The number of nitrogens with zero attached hydrogens (tertiary/aromatic N) is 1. The lowest BCUT2D eigenvalue weighted by molar-refractivity contribution is 0.155. The van der Waals surface area contributed by atoms with Crippen molar-refractivity contribution in [3.8, 4) is 0 Å². The Morgan fingerprint density at radius 3 is 3.14 bits per heavy atom. The molecule has 0 unspecified atom stereocenters. The highest BCUT2D eigenvalue weighted by atomic mass is 32.2. The first-order chi connectivity index (χ1) is 10.8. The van der Waals surface area contributed by atoms with Crippen LogP contribution in [0.5, 0.6) is 0 Å². The Bertz CT molecular complexity index is 499. The van der Waals surface area contributed by atoms with Gasteiger partial charge in [-0.25, -0.2) is 4.79 Å². The number of nitrogens with one attached hydrogen (secondary N) is 1. The van der Waals surface area contributed by atoms with Crippen molar-refractivity contribution in [3.05, 3.63) is 23.7 Å². The summed E-state index contributed by atoms with van der Waals surface area (Å²) in [6.07, 6.45) is 4.28. The second-order valence-corrected chi connectivity index (χ2v) is 7.10. The van der Waals surface area contributed by atoms with Gasteiger partial charge >= 0.3 is 6.03 Å². The first-order valence-corrected chi connectivity index (χ1v) is 9.16. The van der Waals surface area contributed by atoms with Crippen LogP contribution in [0.15, 0.2) is 16.5 Å². The van der Waals surface area contributed by atoms with Gasteiger partial charge in [0.15, 0.2) is 0 Å². The number of hydrogen-bond acceptors (Lipinski definition) is 4. The lowest BCUT2D eigenvalue weighted by atomic mass is 10.1. The second-order valence-electron chi connectivity index (χ2n) is 5.95. The minimum absolute atomic E-state index is 0.0553. The third-order valence-corrected chi connectivity index (χ3v) is 5.51. The van der Waals surface area contributed by atoms with Crippen LogP contribution in [0.2, 0.25) is 0 Å². The summed E-state index contributed by atoms with van der Waals surface area (Å²) in [6.45, 7) is 1.27. The fourth-order valence-corrected chi connectivity index (χ4v) is 4.28. The van der Waals surface area contributed by atoms with E-state index in [9.17, 15) is 4.79 Å². The quantitative estimate of drug-likeness (QED) is 0.924. The van der Waals surface area contributed by atoms with Crippen molar-refractivity contribution in [2.45, 2.75) is 44.4 Å². The molecule has 0 bridgehead atoms. The third-order valence-electron chi connectivity index (χ3n) is 4.30. The van der Waals surface area contributed by atoms with Crippen molar-refractivity contribution < 1.29 is 13.9 Å². The summed E-state index contributed by atoms with van der Waals surface area (Å²) in [7, 11) is 1.65. The Labute approximate surface area is 135 Å². The minimum atomic E-state index is 0.0553. The van der Waals surface area contributed by atoms with Gasteiger partial charge in [-0.3, -0.25) is 0 Å². The Hall–Kier alpha value is -1.14. The molecule has 6 heteroatoms. The Morgan fingerprint density at radius 2 is 2.36 bits per heavy atom. The summed E-state index contributed by atoms with van der Waals surface area (Å²) in [5.74, 6) is 3.93. The van der Waals surface area contributed by atoms with E-state index in [-0.39, 0.29) is 12.1 Å². The molecule has 122 valence electrons. The standard InChI is InChI=1S/C16H24N2O3S/c1-20-10-13-6-7-15(21-13)14-5-2-8-18(14)16(19)17-12-4-3-9-22-11-12/h6-7,12,14H,2-5,8-11H2,1H3,(H,17,19)/t12-,14-/m1/s1. The lowest BCUT2D eigenvalue weighted by Crippen LogP contribution is -2.46. The molecule has 0 saturated carbocycles. The summed E-state index contributed by atoms with van der Waals surface area (Å²) in [5.41, 5.74) is 0. The molecule has 0 aromatic carbocycles. The molecule has 22 heavy (non-hydrogen) atoms. The maximum absolute atomic E-state index is 12.6. The summed E-state index contributed by atoms with van der Waals surface area (Å²) in [6, 6.07) is 4.33. The molecular formula is C16H24N2O3S. The van der Waals surface area contributed by atoms with E-state index in [0.717, 1.165) is 43.1 Å². The fourth-order valence-electron chi connectivity index (χ4n) is 3.21. The molecule has 0 spiro atoms.